The van der Waals surface area contributed by atoms with E-state index < -0.39 is 0 Å². The molecule has 2 aromatic heterocycles. The highest BCUT2D eigenvalue weighted by Crippen LogP contribution is 2.40. The van der Waals surface area contributed by atoms with E-state index in [9.17, 15) is 0 Å². The lowest BCUT2D eigenvalue weighted by Crippen LogP contribution is -2.49. The number of aromatic nitrogens is 4. The molecule has 0 bridgehead atoms. The minimum atomic E-state index is 0.229. The molecule has 6 nitrogen and oxygen atoms in total. The highest BCUT2D eigenvalue weighted by molar-refractivity contribution is 6.43. The average Bonchev–Trinajstić information content (AvgIpc) is 3.18. The van der Waals surface area contributed by atoms with Crippen LogP contribution in [0.1, 0.15) is 39.5 Å². The van der Waals surface area contributed by atoms with Crippen LogP contribution in [0.15, 0.2) is 24.4 Å². The maximum absolute atomic E-state index is 6.45. The number of nitrogens with zero attached hydrogens (tertiary/aromatic N) is 4. The van der Waals surface area contributed by atoms with E-state index in [0.29, 0.717) is 26.9 Å². The minimum Gasteiger partial charge on any atom is -0.355 e. The van der Waals surface area contributed by atoms with Gasteiger partial charge in [0, 0.05) is 24.7 Å². The fourth-order valence-corrected chi connectivity index (χ4v) is 4.81. The fourth-order valence-electron chi connectivity index (χ4n) is 4.42. The number of nitrogens with one attached hydrogen (secondary N) is 1. The first-order valence-electron chi connectivity index (χ1n) is 10.1. The molecule has 1 saturated heterocycles. The third kappa shape index (κ3) is 3.58. The molecule has 0 unspecified atom stereocenters. The highest BCUT2D eigenvalue weighted by atomic mass is 35.5. The summed E-state index contributed by atoms with van der Waals surface area (Å²) in [7, 11) is 0. The Bertz CT molecular complexity index is 1010. The van der Waals surface area contributed by atoms with Gasteiger partial charge in [0.2, 0.25) is 0 Å². The van der Waals surface area contributed by atoms with E-state index in [0.717, 1.165) is 50.2 Å². The summed E-state index contributed by atoms with van der Waals surface area (Å²) in [5.74, 6) is 0.861. The zero-order chi connectivity index (χ0) is 20.6. The Labute approximate surface area is 180 Å². The van der Waals surface area contributed by atoms with Gasteiger partial charge in [-0.3, -0.25) is 5.10 Å². The molecular weight excluding hydrogens is 407 g/mol. The number of benzene rings is 1. The molecule has 1 atom stereocenters. The predicted molar refractivity (Wildman–Crippen MR) is 120 cm³/mol. The van der Waals surface area contributed by atoms with Gasteiger partial charge in [0.05, 0.1) is 16.2 Å². The number of piperidine rings is 1. The van der Waals surface area contributed by atoms with Crippen LogP contribution in [0.4, 0.5) is 5.82 Å². The molecule has 1 aliphatic rings. The number of H-pyrrole nitrogens is 1. The number of nitrogens with two attached hydrogens (primary N) is 1. The van der Waals surface area contributed by atoms with Crippen molar-refractivity contribution in [3.63, 3.8) is 0 Å². The zero-order valence-corrected chi connectivity index (χ0v) is 18.3. The zero-order valence-electron chi connectivity index (χ0n) is 16.8. The quantitative estimate of drug-likeness (QED) is 0.588. The Morgan fingerprint density at radius 3 is 2.69 bits per heavy atom. The van der Waals surface area contributed by atoms with Gasteiger partial charge in [-0.25, -0.2) is 9.97 Å². The van der Waals surface area contributed by atoms with E-state index in [-0.39, 0.29) is 11.5 Å². The lowest BCUT2D eigenvalue weighted by Gasteiger charge is -2.45. The molecule has 8 heteroatoms. The van der Waals surface area contributed by atoms with Crippen LogP contribution in [-0.4, -0.2) is 39.3 Å². The molecule has 0 aliphatic carbocycles. The first kappa shape index (κ1) is 20.4. The third-order valence-electron chi connectivity index (χ3n) is 6.48. The topological polar surface area (TPSA) is 83.7 Å². The van der Waals surface area contributed by atoms with Crippen LogP contribution < -0.4 is 10.6 Å². The molecule has 0 saturated carbocycles. The predicted octanol–water partition coefficient (Wildman–Crippen LogP) is 5.06. The van der Waals surface area contributed by atoms with Gasteiger partial charge < -0.3 is 10.6 Å². The van der Waals surface area contributed by atoms with Crippen LogP contribution in [0.25, 0.3) is 22.4 Å². The molecule has 0 spiro atoms. The van der Waals surface area contributed by atoms with E-state index in [4.69, 9.17) is 33.9 Å². The summed E-state index contributed by atoms with van der Waals surface area (Å²) in [6.07, 6.45) is 6.10. The summed E-state index contributed by atoms with van der Waals surface area (Å²) >= 11 is 12.5. The number of aromatic amines is 1. The van der Waals surface area contributed by atoms with Gasteiger partial charge in [-0.15, -0.1) is 0 Å². The van der Waals surface area contributed by atoms with Gasteiger partial charge in [-0.05, 0) is 37.2 Å². The maximum Gasteiger partial charge on any atom is 0.177 e. The van der Waals surface area contributed by atoms with Crippen molar-refractivity contribution in [3.05, 3.63) is 34.4 Å². The Balaban J connectivity index is 1.59. The summed E-state index contributed by atoms with van der Waals surface area (Å²) in [4.78, 5) is 11.7. The third-order valence-corrected chi connectivity index (χ3v) is 7.30. The van der Waals surface area contributed by atoms with Crippen LogP contribution >= 0.6 is 23.2 Å². The van der Waals surface area contributed by atoms with Gasteiger partial charge in [0.1, 0.15) is 17.0 Å². The molecule has 3 aromatic rings. The second-order valence-corrected chi connectivity index (χ2v) is 8.60. The molecule has 1 aliphatic heterocycles. The normalized spacial score (nSPS) is 17.6. The first-order chi connectivity index (χ1) is 14.0. The summed E-state index contributed by atoms with van der Waals surface area (Å²) < 4.78 is 0. The van der Waals surface area contributed by atoms with E-state index >= 15 is 0 Å². The van der Waals surface area contributed by atoms with Crippen molar-refractivity contribution in [1.29, 1.82) is 0 Å². The minimum absolute atomic E-state index is 0.229. The van der Waals surface area contributed by atoms with E-state index in [2.05, 4.69) is 33.9 Å². The van der Waals surface area contributed by atoms with Crippen molar-refractivity contribution < 1.29 is 0 Å². The monoisotopic (exact) mass is 432 g/mol. The van der Waals surface area contributed by atoms with Crippen LogP contribution in [0.2, 0.25) is 10.0 Å². The smallest absolute Gasteiger partial charge is 0.177 e. The standard InChI is InChI=1S/C21H26Cl2N6/c1-3-15(24)21(4-2)8-10-29(11-9-21)16-12-25-19-18(27-28-20(19)26-16)13-6-5-7-14(22)17(13)23/h5-7,12,15H,3-4,8-11,24H2,1-2H3,(H,26,27,28)/t15-/m1/s1. The SMILES string of the molecule is CC[C@@H](N)C1(CC)CCN(c2cnc3c(-c4cccc(Cl)c4Cl)n[nH]c3n2)CC1. The summed E-state index contributed by atoms with van der Waals surface area (Å²) in [5, 5.41) is 8.35. The van der Waals surface area contributed by atoms with E-state index in [1.165, 1.54) is 0 Å². The first-order valence-corrected chi connectivity index (χ1v) is 10.9. The van der Waals surface area contributed by atoms with Crippen molar-refractivity contribution >= 4 is 40.2 Å². The number of fused-ring (bicyclic) bond motifs is 1. The molecule has 0 radical (unpaired) electrons. The van der Waals surface area contributed by atoms with E-state index in [1.807, 2.05) is 18.3 Å². The van der Waals surface area contributed by atoms with Gasteiger partial charge in [-0.1, -0.05) is 49.2 Å². The van der Waals surface area contributed by atoms with Crippen molar-refractivity contribution in [3.8, 4) is 11.3 Å². The summed E-state index contributed by atoms with van der Waals surface area (Å²) in [5.41, 5.74) is 9.41. The molecule has 3 N–H and O–H groups in total. The number of halogens is 2. The number of anilines is 1. The molecule has 0 amide bonds. The summed E-state index contributed by atoms with van der Waals surface area (Å²) in [6, 6.07) is 5.73. The van der Waals surface area contributed by atoms with Crippen molar-refractivity contribution in [2.24, 2.45) is 11.1 Å². The van der Waals surface area contributed by atoms with Crippen LogP contribution in [0.5, 0.6) is 0 Å². The van der Waals surface area contributed by atoms with Crippen LogP contribution in [-0.2, 0) is 0 Å². The molecule has 3 heterocycles. The maximum atomic E-state index is 6.45. The largest absolute Gasteiger partial charge is 0.355 e. The molecule has 29 heavy (non-hydrogen) atoms. The number of rotatable bonds is 5. The van der Waals surface area contributed by atoms with Crippen molar-refractivity contribution in [2.45, 2.75) is 45.6 Å². The van der Waals surface area contributed by atoms with Crippen LogP contribution in [0, 0.1) is 5.41 Å². The summed E-state index contributed by atoms with van der Waals surface area (Å²) in [6.45, 7) is 6.30. The Morgan fingerprint density at radius 2 is 2.00 bits per heavy atom. The molecule has 1 aromatic carbocycles. The van der Waals surface area contributed by atoms with Gasteiger partial charge in [0.25, 0.3) is 0 Å². The van der Waals surface area contributed by atoms with Gasteiger partial charge in [-0.2, -0.15) is 5.10 Å². The van der Waals surface area contributed by atoms with Crippen LogP contribution in [0.3, 0.4) is 0 Å². The number of hydrogen-bond donors (Lipinski definition) is 2. The lowest BCUT2D eigenvalue weighted by atomic mass is 9.70. The van der Waals surface area contributed by atoms with E-state index in [1.54, 1.807) is 6.07 Å². The van der Waals surface area contributed by atoms with Crippen molar-refractivity contribution in [1.82, 2.24) is 20.2 Å². The second kappa shape index (κ2) is 8.09. The molecule has 4 rings (SSSR count). The Hall–Kier alpha value is -1.89. The average molecular weight is 433 g/mol. The highest BCUT2D eigenvalue weighted by Gasteiger charge is 2.37. The molecular formula is C21H26Cl2N6. The van der Waals surface area contributed by atoms with Gasteiger partial charge >= 0.3 is 0 Å². The lowest BCUT2D eigenvalue weighted by molar-refractivity contribution is 0.156. The molecule has 154 valence electrons. The Morgan fingerprint density at radius 1 is 1.24 bits per heavy atom. The van der Waals surface area contributed by atoms with Gasteiger partial charge in [0.15, 0.2) is 5.65 Å². The second-order valence-electron chi connectivity index (χ2n) is 7.82. The fraction of sp³-hybridized carbons (Fsp3) is 0.476. The molecule has 1 fully saturated rings. The Kier molecular flexibility index (Phi) is 5.69. The number of hydrogen-bond acceptors (Lipinski definition) is 5. The van der Waals surface area contributed by atoms with Crippen molar-refractivity contribution in [2.75, 3.05) is 18.0 Å².